The zero-order valence-corrected chi connectivity index (χ0v) is 10.4. The lowest BCUT2D eigenvalue weighted by Gasteiger charge is -2.23. The third-order valence-electron chi connectivity index (χ3n) is 3.00. The normalized spacial score (nSPS) is 11.6. The summed E-state index contributed by atoms with van der Waals surface area (Å²) < 4.78 is 12.9. The highest BCUT2D eigenvalue weighted by Crippen LogP contribution is 2.28. The molecule has 2 rings (SSSR count). The van der Waals surface area contributed by atoms with Gasteiger partial charge in [0, 0.05) is 11.6 Å². The Morgan fingerprint density at radius 1 is 1.17 bits per heavy atom. The van der Waals surface area contributed by atoms with Gasteiger partial charge in [0.15, 0.2) is 0 Å². The van der Waals surface area contributed by atoms with Crippen LogP contribution in [-0.4, -0.2) is 15.1 Å². The Morgan fingerprint density at radius 2 is 1.83 bits per heavy atom. The molecule has 0 aliphatic carbocycles. The van der Waals surface area contributed by atoms with Crippen molar-refractivity contribution in [1.82, 2.24) is 9.97 Å². The van der Waals surface area contributed by atoms with Crippen molar-refractivity contribution in [2.45, 2.75) is 25.9 Å². The minimum atomic E-state index is -0.432. The van der Waals surface area contributed by atoms with Gasteiger partial charge in [-0.2, -0.15) is 0 Å². The van der Waals surface area contributed by atoms with Gasteiger partial charge in [-0.25, -0.2) is 14.4 Å². The summed E-state index contributed by atoms with van der Waals surface area (Å²) in [5.74, 6) is 0.347. The van der Waals surface area contributed by atoms with Crippen LogP contribution in [0.4, 0.5) is 4.39 Å². The first-order valence-corrected chi connectivity index (χ1v) is 5.73. The third kappa shape index (κ3) is 2.38. The second-order valence-corrected chi connectivity index (χ2v) is 4.66. The number of aliphatic hydroxyl groups excluding tert-OH is 1. The Labute approximate surface area is 105 Å². The van der Waals surface area contributed by atoms with Crippen molar-refractivity contribution in [2.24, 2.45) is 0 Å². The van der Waals surface area contributed by atoms with Gasteiger partial charge in [0.25, 0.3) is 0 Å². The molecule has 0 spiro atoms. The number of halogens is 1. The highest BCUT2D eigenvalue weighted by atomic mass is 19.1. The highest BCUT2D eigenvalue weighted by Gasteiger charge is 2.26. The predicted octanol–water partition coefficient (Wildman–Crippen LogP) is 2.43. The van der Waals surface area contributed by atoms with Crippen LogP contribution in [-0.2, 0) is 12.0 Å². The lowest BCUT2D eigenvalue weighted by atomic mass is 9.83. The van der Waals surface area contributed by atoms with E-state index in [0.717, 1.165) is 5.56 Å². The van der Waals surface area contributed by atoms with Gasteiger partial charge in [-0.1, -0.05) is 12.1 Å². The van der Waals surface area contributed by atoms with Crippen LogP contribution in [0.15, 0.2) is 36.5 Å². The highest BCUT2D eigenvalue weighted by molar-refractivity contribution is 5.31. The molecule has 3 nitrogen and oxygen atoms in total. The molecule has 0 amide bonds. The topological polar surface area (TPSA) is 46.0 Å². The molecule has 0 saturated heterocycles. The van der Waals surface area contributed by atoms with E-state index in [2.05, 4.69) is 9.97 Å². The van der Waals surface area contributed by atoms with Crippen molar-refractivity contribution in [3.05, 3.63) is 59.4 Å². The molecule has 94 valence electrons. The molecule has 0 aliphatic rings. The van der Waals surface area contributed by atoms with Crippen molar-refractivity contribution in [2.75, 3.05) is 0 Å². The minimum absolute atomic E-state index is 0.116. The van der Waals surface area contributed by atoms with Gasteiger partial charge < -0.3 is 5.11 Å². The van der Waals surface area contributed by atoms with E-state index in [9.17, 15) is 4.39 Å². The summed E-state index contributed by atoms with van der Waals surface area (Å²) in [5, 5.41) is 9.09. The van der Waals surface area contributed by atoms with Crippen LogP contribution < -0.4 is 0 Å². The van der Waals surface area contributed by atoms with Gasteiger partial charge in [0.2, 0.25) is 0 Å². The van der Waals surface area contributed by atoms with Crippen LogP contribution >= 0.6 is 0 Å². The van der Waals surface area contributed by atoms with E-state index in [1.807, 2.05) is 13.8 Å². The van der Waals surface area contributed by atoms with E-state index >= 15 is 0 Å². The number of aliphatic hydroxyl groups is 1. The monoisotopic (exact) mass is 246 g/mol. The van der Waals surface area contributed by atoms with E-state index in [4.69, 9.17) is 5.11 Å². The molecule has 1 N–H and O–H groups in total. The Balaban J connectivity index is 2.43. The molecule has 0 saturated carbocycles. The zero-order valence-electron chi connectivity index (χ0n) is 10.4. The summed E-state index contributed by atoms with van der Waals surface area (Å²) in [4.78, 5) is 8.55. The lowest BCUT2D eigenvalue weighted by Crippen LogP contribution is -2.23. The number of rotatable bonds is 3. The summed E-state index contributed by atoms with van der Waals surface area (Å²) in [5.41, 5.74) is 1.08. The van der Waals surface area contributed by atoms with E-state index < -0.39 is 5.41 Å². The molecule has 1 aromatic heterocycles. The summed E-state index contributed by atoms with van der Waals surface area (Å²) >= 11 is 0. The zero-order chi connectivity index (χ0) is 13.2. The van der Waals surface area contributed by atoms with Crippen molar-refractivity contribution in [3.8, 4) is 0 Å². The molecule has 1 aromatic carbocycles. The van der Waals surface area contributed by atoms with E-state index in [-0.39, 0.29) is 12.4 Å². The number of benzene rings is 1. The van der Waals surface area contributed by atoms with Gasteiger partial charge in [-0.15, -0.1) is 0 Å². The first-order chi connectivity index (χ1) is 8.54. The fourth-order valence-corrected chi connectivity index (χ4v) is 1.78. The number of aromatic nitrogens is 2. The maximum atomic E-state index is 12.9. The molecular formula is C14H15FN2O. The molecule has 0 bridgehead atoms. The molecule has 0 unspecified atom stereocenters. The number of nitrogens with zero attached hydrogens (tertiary/aromatic N) is 2. The second-order valence-electron chi connectivity index (χ2n) is 4.66. The quantitative estimate of drug-likeness (QED) is 0.904. The first kappa shape index (κ1) is 12.6. The van der Waals surface area contributed by atoms with Crippen LogP contribution in [0.3, 0.4) is 0 Å². The largest absolute Gasteiger partial charge is 0.390 e. The summed E-state index contributed by atoms with van der Waals surface area (Å²) in [7, 11) is 0. The molecule has 4 heteroatoms. The van der Waals surface area contributed by atoms with Gasteiger partial charge in [-0.3, -0.25) is 0 Å². The fourth-order valence-electron chi connectivity index (χ4n) is 1.78. The summed E-state index contributed by atoms with van der Waals surface area (Å²) in [6.45, 7) is 3.82. The second kappa shape index (κ2) is 4.82. The maximum absolute atomic E-state index is 12.9. The average molecular weight is 246 g/mol. The van der Waals surface area contributed by atoms with Gasteiger partial charge in [0.1, 0.15) is 11.6 Å². The molecule has 0 aliphatic heterocycles. The van der Waals surface area contributed by atoms with Crippen molar-refractivity contribution >= 4 is 0 Å². The Morgan fingerprint density at radius 3 is 2.44 bits per heavy atom. The Kier molecular flexibility index (Phi) is 3.39. The maximum Gasteiger partial charge on any atom is 0.138 e. The summed E-state index contributed by atoms with van der Waals surface area (Å²) in [6.07, 6.45) is 1.62. The van der Waals surface area contributed by atoms with Crippen LogP contribution in [0, 0.1) is 5.82 Å². The molecule has 0 fully saturated rings. The Bertz CT molecular complexity index is 538. The first-order valence-electron chi connectivity index (χ1n) is 5.73. The fraction of sp³-hybridized carbons (Fsp3) is 0.286. The number of hydrogen-bond donors (Lipinski definition) is 1. The predicted molar refractivity (Wildman–Crippen MR) is 66.5 cm³/mol. The lowest BCUT2D eigenvalue weighted by molar-refractivity contribution is 0.275. The van der Waals surface area contributed by atoms with E-state index in [0.29, 0.717) is 11.5 Å². The molecule has 18 heavy (non-hydrogen) atoms. The average Bonchev–Trinajstić information content (AvgIpc) is 2.39. The molecule has 0 radical (unpaired) electrons. The van der Waals surface area contributed by atoms with Crippen molar-refractivity contribution in [1.29, 1.82) is 0 Å². The molecule has 1 heterocycles. The smallest absolute Gasteiger partial charge is 0.138 e. The number of hydrogen-bond acceptors (Lipinski definition) is 3. The van der Waals surface area contributed by atoms with Crippen molar-refractivity contribution in [3.63, 3.8) is 0 Å². The van der Waals surface area contributed by atoms with Crippen molar-refractivity contribution < 1.29 is 9.50 Å². The molecular weight excluding hydrogens is 231 g/mol. The van der Waals surface area contributed by atoms with Crippen LogP contribution in [0.25, 0.3) is 0 Å². The van der Waals surface area contributed by atoms with Crippen LogP contribution in [0.1, 0.15) is 30.9 Å². The van der Waals surface area contributed by atoms with Gasteiger partial charge in [0.05, 0.1) is 12.3 Å². The SMILES string of the molecule is CC(C)(c1ccc(F)cc1)c1nccc(CO)n1. The molecule has 0 atom stereocenters. The van der Waals surface area contributed by atoms with E-state index in [1.165, 1.54) is 12.1 Å². The van der Waals surface area contributed by atoms with Gasteiger partial charge >= 0.3 is 0 Å². The Hall–Kier alpha value is -1.81. The molecule has 2 aromatic rings. The van der Waals surface area contributed by atoms with Crippen LogP contribution in [0.2, 0.25) is 0 Å². The van der Waals surface area contributed by atoms with Gasteiger partial charge in [-0.05, 0) is 37.6 Å². The van der Waals surface area contributed by atoms with E-state index in [1.54, 1.807) is 24.4 Å². The minimum Gasteiger partial charge on any atom is -0.390 e. The third-order valence-corrected chi connectivity index (χ3v) is 3.00. The summed E-state index contributed by atoms with van der Waals surface area (Å²) in [6, 6.07) is 7.97. The standard InChI is InChI=1S/C14H15FN2O/c1-14(2,10-3-5-11(15)6-4-10)13-16-8-7-12(9-18)17-13/h3-8,18H,9H2,1-2H3. The van der Waals surface area contributed by atoms with Crippen LogP contribution in [0.5, 0.6) is 0 Å².